The van der Waals surface area contributed by atoms with E-state index in [1.165, 1.54) is 0 Å². The summed E-state index contributed by atoms with van der Waals surface area (Å²) in [4.78, 5) is 0. The Morgan fingerprint density at radius 1 is 1.50 bits per heavy atom. The average molecular weight is 224 g/mol. The number of hydrogen-bond donors (Lipinski definition) is 2. The van der Waals surface area contributed by atoms with Gasteiger partial charge in [0.05, 0.1) is 20.6 Å². The molecule has 14 heavy (non-hydrogen) atoms. The SMILES string of the molecule is C=CC[N+](C)(C)C(CCO)S(=O)(=O)O. The first kappa shape index (κ1) is 13.6. The summed E-state index contributed by atoms with van der Waals surface area (Å²) in [5.74, 6) is 0. The van der Waals surface area contributed by atoms with Gasteiger partial charge in [-0.15, -0.1) is 0 Å². The van der Waals surface area contributed by atoms with E-state index < -0.39 is 15.5 Å². The van der Waals surface area contributed by atoms with Gasteiger partial charge in [0.25, 0.3) is 0 Å². The topological polar surface area (TPSA) is 74.6 Å². The zero-order chi connectivity index (χ0) is 11.4. The molecule has 0 fully saturated rings. The second-order valence-electron chi connectivity index (χ2n) is 3.73. The molecule has 0 spiro atoms. The Hall–Kier alpha value is -0.430. The molecule has 0 rings (SSSR count). The Balaban J connectivity index is 4.90. The maximum absolute atomic E-state index is 11.0. The number of rotatable bonds is 6. The van der Waals surface area contributed by atoms with Crippen LogP contribution in [0.25, 0.3) is 0 Å². The first-order chi connectivity index (χ1) is 6.25. The summed E-state index contributed by atoms with van der Waals surface area (Å²) in [6, 6.07) is 0. The first-order valence-electron chi connectivity index (χ1n) is 4.26. The van der Waals surface area contributed by atoms with E-state index in [4.69, 9.17) is 9.66 Å². The third kappa shape index (κ3) is 3.75. The summed E-state index contributed by atoms with van der Waals surface area (Å²) in [7, 11) is -0.818. The van der Waals surface area contributed by atoms with Gasteiger partial charge in [-0.05, 0) is 6.08 Å². The van der Waals surface area contributed by atoms with Crippen LogP contribution in [0.3, 0.4) is 0 Å². The van der Waals surface area contributed by atoms with Gasteiger partial charge in [-0.1, -0.05) is 6.58 Å². The van der Waals surface area contributed by atoms with Crippen LogP contribution in [-0.4, -0.2) is 55.2 Å². The Labute approximate surface area is 85.0 Å². The predicted octanol–water partition coefficient (Wildman–Crippen LogP) is -0.155. The minimum absolute atomic E-state index is 0.0136. The summed E-state index contributed by atoms with van der Waals surface area (Å²) in [5, 5.41) is 7.71. The van der Waals surface area contributed by atoms with Crippen molar-refractivity contribution in [3.05, 3.63) is 12.7 Å². The third-order valence-corrected chi connectivity index (χ3v) is 3.59. The molecule has 0 saturated carbocycles. The molecule has 0 amide bonds. The van der Waals surface area contributed by atoms with Gasteiger partial charge in [-0.25, -0.2) is 0 Å². The van der Waals surface area contributed by atoms with E-state index in [9.17, 15) is 8.42 Å². The Morgan fingerprint density at radius 3 is 2.29 bits per heavy atom. The Morgan fingerprint density at radius 2 is 2.00 bits per heavy atom. The quantitative estimate of drug-likeness (QED) is 0.374. The molecule has 0 aromatic carbocycles. The van der Waals surface area contributed by atoms with E-state index in [-0.39, 0.29) is 17.5 Å². The van der Waals surface area contributed by atoms with Gasteiger partial charge in [-0.3, -0.25) is 4.55 Å². The molecular weight excluding hydrogens is 206 g/mol. The highest BCUT2D eigenvalue weighted by molar-refractivity contribution is 7.86. The molecule has 1 atom stereocenters. The highest BCUT2D eigenvalue weighted by Gasteiger charge is 2.37. The van der Waals surface area contributed by atoms with Gasteiger partial charge >= 0.3 is 10.1 Å². The lowest BCUT2D eigenvalue weighted by atomic mass is 10.3. The van der Waals surface area contributed by atoms with Crippen LogP contribution in [0.1, 0.15) is 6.42 Å². The summed E-state index contributed by atoms with van der Waals surface area (Å²) in [6.45, 7) is 3.65. The van der Waals surface area contributed by atoms with Crippen LogP contribution in [-0.2, 0) is 10.1 Å². The van der Waals surface area contributed by atoms with Gasteiger partial charge in [0.2, 0.25) is 5.37 Å². The largest absolute Gasteiger partial charge is 0.396 e. The van der Waals surface area contributed by atoms with Gasteiger partial charge in [-0.2, -0.15) is 8.42 Å². The van der Waals surface area contributed by atoms with E-state index in [0.29, 0.717) is 6.54 Å². The molecule has 0 aromatic heterocycles. The van der Waals surface area contributed by atoms with Gasteiger partial charge < -0.3 is 9.59 Å². The molecule has 5 nitrogen and oxygen atoms in total. The lowest BCUT2D eigenvalue weighted by Gasteiger charge is -2.34. The molecule has 1 unspecified atom stereocenters. The van der Waals surface area contributed by atoms with Crippen LogP contribution < -0.4 is 0 Å². The van der Waals surface area contributed by atoms with Crippen molar-refractivity contribution in [1.82, 2.24) is 0 Å². The molecular formula is C8H18NO4S+. The van der Waals surface area contributed by atoms with E-state index >= 15 is 0 Å². The molecule has 0 saturated heterocycles. The molecule has 0 aromatic rings. The van der Waals surface area contributed by atoms with Crippen molar-refractivity contribution in [2.45, 2.75) is 11.8 Å². The highest BCUT2D eigenvalue weighted by Crippen LogP contribution is 2.15. The molecule has 0 bridgehead atoms. The molecule has 0 radical (unpaired) electrons. The number of nitrogens with zero attached hydrogens (tertiary/aromatic N) is 1. The van der Waals surface area contributed by atoms with Crippen molar-refractivity contribution in [2.75, 3.05) is 27.2 Å². The number of likely N-dealkylation sites (N-methyl/N-ethyl adjacent to an activating group) is 1. The third-order valence-electron chi connectivity index (χ3n) is 2.10. The van der Waals surface area contributed by atoms with Crippen LogP contribution in [0.2, 0.25) is 0 Å². The van der Waals surface area contributed by atoms with Crippen molar-refractivity contribution in [1.29, 1.82) is 0 Å². The summed E-state index contributed by atoms with van der Waals surface area (Å²) in [6.07, 6.45) is 1.59. The minimum atomic E-state index is -4.14. The standard InChI is InChI=1S/C8H17NO4S/c1-4-6-9(2,3)8(5-7-10)14(11,12)13/h4,8,10H,1,5-7H2,2-3H3/p+1. The maximum atomic E-state index is 11.0. The summed E-state index contributed by atoms with van der Waals surface area (Å²) < 4.78 is 31.1. The number of quaternary nitrogens is 1. The van der Waals surface area contributed by atoms with Crippen molar-refractivity contribution in [2.24, 2.45) is 0 Å². The number of aliphatic hydroxyl groups is 1. The summed E-state index contributed by atoms with van der Waals surface area (Å²) in [5.41, 5.74) is 0. The van der Waals surface area contributed by atoms with Gasteiger partial charge in [0.15, 0.2) is 0 Å². The molecule has 0 aliphatic rings. The van der Waals surface area contributed by atoms with Crippen molar-refractivity contribution < 1.29 is 22.6 Å². The lowest BCUT2D eigenvalue weighted by molar-refractivity contribution is -0.896. The molecule has 0 aliphatic carbocycles. The van der Waals surface area contributed by atoms with Crippen molar-refractivity contribution >= 4 is 10.1 Å². The smallest absolute Gasteiger partial charge is 0.319 e. The van der Waals surface area contributed by atoms with Crippen LogP contribution in [0.5, 0.6) is 0 Å². The Bertz CT molecular complexity index is 284. The minimum Gasteiger partial charge on any atom is -0.396 e. The van der Waals surface area contributed by atoms with E-state index in [1.807, 2.05) is 0 Å². The molecule has 0 heterocycles. The normalized spacial score (nSPS) is 15.1. The van der Waals surface area contributed by atoms with Crippen molar-refractivity contribution in [3.8, 4) is 0 Å². The van der Waals surface area contributed by atoms with Crippen LogP contribution in [0, 0.1) is 0 Å². The molecule has 6 heteroatoms. The number of hydrogen-bond acceptors (Lipinski definition) is 3. The zero-order valence-corrected chi connectivity index (χ0v) is 9.37. The fourth-order valence-electron chi connectivity index (χ4n) is 1.42. The van der Waals surface area contributed by atoms with Gasteiger partial charge in [0, 0.05) is 13.0 Å². The fourth-order valence-corrected chi connectivity index (χ4v) is 2.63. The number of aliphatic hydroxyl groups excluding tert-OH is 1. The maximum Gasteiger partial charge on any atom is 0.319 e. The van der Waals surface area contributed by atoms with Gasteiger partial charge in [0.1, 0.15) is 0 Å². The van der Waals surface area contributed by atoms with Crippen LogP contribution >= 0.6 is 0 Å². The zero-order valence-electron chi connectivity index (χ0n) is 8.55. The Kier molecular flexibility index (Phi) is 4.73. The highest BCUT2D eigenvalue weighted by atomic mass is 32.2. The van der Waals surface area contributed by atoms with E-state index in [0.717, 1.165) is 0 Å². The van der Waals surface area contributed by atoms with Crippen molar-refractivity contribution in [3.63, 3.8) is 0 Å². The molecule has 0 aliphatic heterocycles. The van der Waals surface area contributed by atoms with Crippen LogP contribution in [0.15, 0.2) is 12.7 Å². The monoisotopic (exact) mass is 224 g/mol. The first-order valence-corrected chi connectivity index (χ1v) is 5.76. The van der Waals surface area contributed by atoms with E-state index in [1.54, 1.807) is 20.2 Å². The summed E-state index contributed by atoms with van der Waals surface area (Å²) >= 11 is 0. The van der Waals surface area contributed by atoms with Crippen LogP contribution in [0.4, 0.5) is 0 Å². The predicted molar refractivity (Wildman–Crippen MR) is 54.2 cm³/mol. The molecule has 2 N–H and O–H groups in total. The average Bonchev–Trinajstić information content (AvgIpc) is 1.97. The second kappa shape index (κ2) is 4.88. The van der Waals surface area contributed by atoms with E-state index in [2.05, 4.69) is 6.58 Å². The molecule has 84 valence electrons. The second-order valence-corrected chi connectivity index (χ2v) is 5.31. The fraction of sp³-hybridized carbons (Fsp3) is 0.750. The lowest BCUT2D eigenvalue weighted by Crippen LogP contribution is -2.53.